The smallest absolute Gasteiger partial charge is 0.135 e. The van der Waals surface area contributed by atoms with Crippen LogP contribution in [-0.4, -0.2) is 42.4 Å². The first-order valence-electron chi connectivity index (χ1n) is 8.38. The molecule has 0 aliphatic heterocycles. The Labute approximate surface area is 151 Å². The van der Waals surface area contributed by atoms with E-state index in [0.717, 1.165) is 43.7 Å². The number of thioether (sulfide) groups is 1. The maximum Gasteiger partial charge on any atom is 0.135 e. The average Bonchev–Trinajstić information content (AvgIpc) is 2.64. The summed E-state index contributed by atoms with van der Waals surface area (Å²) in [4.78, 5) is 1.16. The van der Waals surface area contributed by atoms with E-state index in [9.17, 15) is 10.2 Å². The Morgan fingerprint density at radius 3 is 1.92 bits per heavy atom. The number of fused-ring (bicyclic) bond motifs is 2. The van der Waals surface area contributed by atoms with Gasteiger partial charge >= 0.3 is 0 Å². The van der Waals surface area contributed by atoms with E-state index in [4.69, 9.17) is 9.47 Å². The molecule has 0 radical (unpaired) electrons. The Bertz CT molecular complexity index is 863. The molecule has 25 heavy (non-hydrogen) atoms. The fourth-order valence-electron chi connectivity index (χ4n) is 2.94. The van der Waals surface area contributed by atoms with Crippen LogP contribution >= 0.6 is 11.8 Å². The number of rotatable bonds is 8. The summed E-state index contributed by atoms with van der Waals surface area (Å²) in [6, 6.07) is 14.1. The van der Waals surface area contributed by atoms with Crippen LogP contribution < -0.4 is 9.47 Å². The number of aliphatic hydroxyl groups is 2. The van der Waals surface area contributed by atoms with E-state index in [1.54, 1.807) is 11.8 Å². The van der Waals surface area contributed by atoms with Gasteiger partial charge in [-0.15, -0.1) is 11.8 Å². The fourth-order valence-corrected chi connectivity index (χ4v) is 3.64. The lowest BCUT2D eigenvalue weighted by Crippen LogP contribution is -2.05. The Kier molecular flexibility index (Phi) is 6.02. The van der Waals surface area contributed by atoms with Gasteiger partial charge in [0.1, 0.15) is 24.7 Å². The Balaban J connectivity index is 2.31. The molecule has 4 nitrogen and oxygen atoms in total. The van der Waals surface area contributed by atoms with Crippen molar-refractivity contribution in [1.82, 2.24) is 0 Å². The zero-order valence-electron chi connectivity index (χ0n) is 14.2. The molecule has 0 aliphatic carbocycles. The number of hydrogen-bond acceptors (Lipinski definition) is 5. The van der Waals surface area contributed by atoms with Crippen LogP contribution in [0.25, 0.3) is 21.5 Å². The molecule has 0 saturated carbocycles. The second-order valence-corrected chi connectivity index (χ2v) is 6.83. The molecule has 0 spiro atoms. The van der Waals surface area contributed by atoms with Crippen molar-refractivity contribution in [2.45, 2.75) is 11.8 Å². The maximum atomic E-state index is 9.20. The molecule has 5 heteroatoms. The largest absolute Gasteiger partial charge is 0.490 e. The summed E-state index contributed by atoms with van der Waals surface area (Å²) in [5.41, 5.74) is 0. The minimum atomic E-state index is -0.0397. The van der Waals surface area contributed by atoms with Crippen LogP contribution in [-0.2, 0) is 0 Å². The number of ether oxygens (including phenoxy) is 2. The van der Waals surface area contributed by atoms with Crippen LogP contribution in [0.1, 0.15) is 6.92 Å². The van der Waals surface area contributed by atoms with Crippen molar-refractivity contribution >= 4 is 33.3 Å². The van der Waals surface area contributed by atoms with Crippen LogP contribution in [0.5, 0.6) is 11.5 Å². The first-order valence-corrected chi connectivity index (χ1v) is 9.37. The van der Waals surface area contributed by atoms with E-state index in [1.807, 2.05) is 30.3 Å². The van der Waals surface area contributed by atoms with Crippen LogP contribution in [0.4, 0.5) is 0 Å². The van der Waals surface area contributed by atoms with Crippen molar-refractivity contribution in [3.63, 3.8) is 0 Å². The van der Waals surface area contributed by atoms with Crippen molar-refractivity contribution in [2.24, 2.45) is 0 Å². The molecule has 0 heterocycles. The molecule has 0 bridgehead atoms. The number of benzene rings is 3. The van der Waals surface area contributed by atoms with Crippen LogP contribution in [0.15, 0.2) is 47.4 Å². The van der Waals surface area contributed by atoms with Gasteiger partial charge < -0.3 is 19.7 Å². The molecular formula is C20H22O4S. The van der Waals surface area contributed by atoms with E-state index in [2.05, 4.69) is 19.1 Å². The fraction of sp³-hybridized carbons (Fsp3) is 0.300. The molecule has 2 N–H and O–H groups in total. The molecule has 3 aromatic rings. The molecule has 0 aliphatic rings. The lowest BCUT2D eigenvalue weighted by atomic mass is 10.0. The molecule has 0 amide bonds. The van der Waals surface area contributed by atoms with E-state index in [0.29, 0.717) is 0 Å². The average molecular weight is 358 g/mol. The monoisotopic (exact) mass is 358 g/mol. The SMILES string of the molecule is CCSc1ccc2c(OCCO)c3ccccc3c(OCCO)c2c1. The predicted molar refractivity (Wildman–Crippen MR) is 103 cm³/mol. The molecular weight excluding hydrogens is 336 g/mol. The van der Waals surface area contributed by atoms with E-state index in [-0.39, 0.29) is 26.4 Å². The van der Waals surface area contributed by atoms with E-state index < -0.39 is 0 Å². The van der Waals surface area contributed by atoms with Crippen molar-refractivity contribution in [3.8, 4) is 11.5 Å². The summed E-state index contributed by atoms with van der Waals surface area (Å²) in [6.45, 7) is 2.51. The van der Waals surface area contributed by atoms with Gasteiger partial charge in [-0.1, -0.05) is 31.2 Å². The predicted octanol–water partition coefficient (Wildman–Crippen LogP) is 3.85. The third-order valence-corrected chi connectivity index (χ3v) is 4.76. The summed E-state index contributed by atoms with van der Waals surface area (Å²) < 4.78 is 11.8. The zero-order valence-corrected chi connectivity index (χ0v) is 15.0. The minimum absolute atomic E-state index is 0.0393. The van der Waals surface area contributed by atoms with Gasteiger partial charge in [-0.3, -0.25) is 0 Å². The van der Waals surface area contributed by atoms with Gasteiger partial charge in [0.15, 0.2) is 0 Å². The number of aliphatic hydroxyl groups excluding tert-OH is 2. The van der Waals surface area contributed by atoms with Crippen LogP contribution in [0, 0.1) is 0 Å². The third kappa shape index (κ3) is 3.68. The third-order valence-electron chi connectivity index (χ3n) is 3.88. The topological polar surface area (TPSA) is 58.9 Å². The summed E-state index contributed by atoms with van der Waals surface area (Å²) >= 11 is 1.77. The Morgan fingerprint density at radius 1 is 0.800 bits per heavy atom. The van der Waals surface area contributed by atoms with Crippen molar-refractivity contribution in [1.29, 1.82) is 0 Å². The van der Waals surface area contributed by atoms with E-state index in [1.165, 1.54) is 0 Å². The molecule has 0 aromatic heterocycles. The van der Waals surface area contributed by atoms with Gasteiger partial charge in [0.05, 0.1) is 13.2 Å². The van der Waals surface area contributed by atoms with Gasteiger partial charge in [-0.25, -0.2) is 0 Å². The summed E-state index contributed by atoms with van der Waals surface area (Å²) in [7, 11) is 0. The van der Waals surface area contributed by atoms with Crippen molar-refractivity contribution < 1.29 is 19.7 Å². The highest BCUT2D eigenvalue weighted by Gasteiger charge is 2.16. The van der Waals surface area contributed by atoms with Crippen molar-refractivity contribution in [3.05, 3.63) is 42.5 Å². The zero-order chi connectivity index (χ0) is 17.6. The van der Waals surface area contributed by atoms with Crippen molar-refractivity contribution in [2.75, 3.05) is 32.2 Å². The van der Waals surface area contributed by atoms with Gasteiger partial charge in [0.2, 0.25) is 0 Å². The molecule has 3 rings (SSSR count). The summed E-state index contributed by atoms with van der Waals surface area (Å²) in [5.74, 6) is 2.50. The molecule has 0 atom stereocenters. The second kappa shape index (κ2) is 8.43. The van der Waals surface area contributed by atoms with Crippen LogP contribution in [0.3, 0.4) is 0 Å². The van der Waals surface area contributed by atoms with Gasteiger partial charge in [0, 0.05) is 26.4 Å². The Morgan fingerprint density at radius 2 is 1.36 bits per heavy atom. The highest BCUT2D eigenvalue weighted by Crippen LogP contribution is 2.43. The summed E-state index contributed by atoms with van der Waals surface area (Å²) in [5, 5.41) is 22.2. The Hall–Kier alpha value is -1.95. The number of hydrogen-bond donors (Lipinski definition) is 2. The first kappa shape index (κ1) is 17.9. The van der Waals surface area contributed by atoms with Gasteiger partial charge in [-0.2, -0.15) is 0 Å². The summed E-state index contributed by atoms with van der Waals surface area (Å²) in [6.07, 6.45) is 0. The maximum absolute atomic E-state index is 9.20. The standard InChI is InChI=1S/C20H22O4S/c1-2-25-14-7-8-17-18(13-14)20(24-12-10-22)16-6-4-3-5-15(16)19(17)23-11-9-21/h3-8,13,21-22H,2,9-12H2,1H3. The quantitative estimate of drug-likeness (QED) is 0.473. The second-order valence-electron chi connectivity index (χ2n) is 5.49. The normalized spacial score (nSPS) is 11.2. The first-order chi connectivity index (χ1) is 12.3. The molecule has 132 valence electrons. The lowest BCUT2D eigenvalue weighted by molar-refractivity contribution is 0.202. The molecule has 0 fully saturated rings. The van der Waals surface area contributed by atoms with Gasteiger partial charge in [-0.05, 0) is 24.0 Å². The molecule has 0 saturated heterocycles. The minimum Gasteiger partial charge on any atom is -0.490 e. The van der Waals surface area contributed by atoms with Crippen LogP contribution in [0.2, 0.25) is 0 Å². The lowest BCUT2D eigenvalue weighted by Gasteiger charge is -2.18. The molecule has 0 unspecified atom stereocenters. The van der Waals surface area contributed by atoms with Gasteiger partial charge in [0.25, 0.3) is 0 Å². The highest BCUT2D eigenvalue weighted by molar-refractivity contribution is 7.99. The van der Waals surface area contributed by atoms with E-state index >= 15 is 0 Å². The highest BCUT2D eigenvalue weighted by atomic mass is 32.2. The molecule has 3 aromatic carbocycles.